The van der Waals surface area contributed by atoms with E-state index in [9.17, 15) is 0 Å². The number of ether oxygens (including phenoxy) is 1. The second-order valence-electron chi connectivity index (χ2n) is 4.41. The fraction of sp³-hybridized carbons (Fsp3) is 0.0625. The number of halogens is 2. The van der Waals surface area contributed by atoms with E-state index in [4.69, 9.17) is 27.9 Å². The first-order valence-corrected chi connectivity index (χ1v) is 6.88. The molecule has 20 heavy (non-hydrogen) atoms. The van der Waals surface area contributed by atoms with Crippen molar-refractivity contribution in [3.8, 4) is 11.4 Å². The van der Waals surface area contributed by atoms with Crippen LogP contribution in [0.2, 0.25) is 10.0 Å². The van der Waals surface area contributed by atoms with Crippen molar-refractivity contribution >= 4 is 34.0 Å². The van der Waals surface area contributed by atoms with Crippen LogP contribution in [0.4, 0.5) is 0 Å². The number of benzene rings is 2. The second kappa shape index (κ2) is 5.31. The molecule has 0 saturated heterocycles. The normalized spacial score (nSPS) is 10.8. The number of methoxy groups -OCH3 is 1. The molecule has 3 aromatic rings. The Hall–Kier alpha value is -1.77. The summed E-state index contributed by atoms with van der Waals surface area (Å²) in [6, 6.07) is 13.4. The van der Waals surface area contributed by atoms with Crippen molar-refractivity contribution in [1.29, 1.82) is 0 Å². The van der Waals surface area contributed by atoms with E-state index in [2.05, 4.69) is 0 Å². The quantitative estimate of drug-likeness (QED) is 0.638. The Kier molecular flexibility index (Phi) is 3.51. The number of pyridine rings is 1. The predicted molar refractivity (Wildman–Crippen MR) is 82.1 cm³/mol. The van der Waals surface area contributed by atoms with Crippen LogP contribution >= 0.6 is 23.2 Å². The smallest absolute Gasteiger partial charge is 0.229 e. The molecule has 0 atom stereocenters. The summed E-state index contributed by atoms with van der Waals surface area (Å²) in [5.41, 5.74) is 0.879. The van der Waals surface area contributed by atoms with E-state index >= 15 is 0 Å². The lowest BCUT2D eigenvalue weighted by atomic mass is 10.1. The van der Waals surface area contributed by atoms with Gasteiger partial charge in [0, 0.05) is 17.2 Å². The van der Waals surface area contributed by atoms with Crippen molar-refractivity contribution in [2.45, 2.75) is 0 Å². The molecule has 1 heterocycles. The number of rotatable bonds is 2. The lowest BCUT2D eigenvalue weighted by molar-refractivity contribution is -0.594. The molecular formula is C16H12Cl2NO+. The van der Waals surface area contributed by atoms with E-state index < -0.39 is 0 Å². The Morgan fingerprint density at radius 3 is 2.65 bits per heavy atom. The van der Waals surface area contributed by atoms with Gasteiger partial charge < -0.3 is 4.74 Å². The van der Waals surface area contributed by atoms with Gasteiger partial charge in [-0.05, 0) is 23.6 Å². The minimum Gasteiger partial charge on any atom is -0.496 e. The van der Waals surface area contributed by atoms with Gasteiger partial charge in [-0.2, -0.15) is 4.57 Å². The lowest BCUT2D eigenvalue weighted by Gasteiger charge is -2.05. The molecule has 0 aliphatic heterocycles. The van der Waals surface area contributed by atoms with Crippen molar-refractivity contribution in [2.75, 3.05) is 7.11 Å². The zero-order chi connectivity index (χ0) is 14.1. The zero-order valence-corrected chi connectivity index (χ0v) is 12.3. The van der Waals surface area contributed by atoms with Crippen LogP contribution in [-0.2, 0) is 0 Å². The highest BCUT2D eigenvalue weighted by Crippen LogP contribution is 2.25. The summed E-state index contributed by atoms with van der Waals surface area (Å²) in [6.07, 6.45) is 3.97. The number of hydrogen-bond acceptors (Lipinski definition) is 1. The maximum atomic E-state index is 6.25. The summed E-state index contributed by atoms with van der Waals surface area (Å²) in [4.78, 5) is 0. The van der Waals surface area contributed by atoms with Gasteiger partial charge in [0.25, 0.3) is 0 Å². The molecule has 100 valence electrons. The maximum Gasteiger partial charge on any atom is 0.229 e. The minimum atomic E-state index is 0.608. The first-order valence-electron chi connectivity index (χ1n) is 6.12. The molecule has 4 heteroatoms. The number of fused-ring (bicyclic) bond motifs is 1. The SMILES string of the molecule is COc1cccc2cc[n+](-c3ccc(Cl)cc3Cl)cc12. The number of aromatic nitrogens is 1. The van der Waals surface area contributed by atoms with Crippen LogP contribution in [-0.4, -0.2) is 7.11 Å². The summed E-state index contributed by atoms with van der Waals surface area (Å²) in [7, 11) is 1.67. The molecule has 0 saturated carbocycles. The fourth-order valence-corrected chi connectivity index (χ4v) is 2.71. The molecule has 0 radical (unpaired) electrons. The molecule has 1 aromatic heterocycles. The van der Waals surface area contributed by atoms with E-state index in [0.29, 0.717) is 10.0 Å². The van der Waals surface area contributed by atoms with Gasteiger partial charge in [0.1, 0.15) is 10.8 Å². The van der Waals surface area contributed by atoms with E-state index in [0.717, 1.165) is 22.2 Å². The Morgan fingerprint density at radius 1 is 1.05 bits per heavy atom. The van der Waals surface area contributed by atoms with Crippen LogP contribution < -0.4 is 9.30 Å². The first kappa shape index (κ1) is 13.2. The van der Waals surface area contributed by atoms with Crippen LogP contribution in [0.1, 0.15) is 0 Å². The van der Waals surface area contributed by atoms with Crippen LogP contribution in [0.25, 0.3) is 16.5 Å². The average molecular weight is 305 g/mol. The van der Waals surface area contributed by atoms with E-state index in [1.54, 1.807) is 13.2 Å². The molecule has 0 spiro atoms. The van der Waals surface area contributed by atoms with E-state index in [-0.39, 0.29) is 0 Å². The van der Waals surface area contributed by atoms with Gasteiger partial charge in [-0.3, -0.25) is 0 Å². The molecule has 0 fully saturated rings. The van der Waals surface area contributed by atoms with Gasteiger partial charge in [-0.15, -0.1) is 0 Å². The summed E-state index contributed by atoms with van der Waals surface area (Å²) in [6.45, 7) is 0. The van der Waals surface area contributed by atoms with Crippen LogP contribution in [0.15, 0.2) is 54.9 Å². The van der Waals surface area contributed by atoms with Gasteiger partial charge in [0.15, 0.2) is 12.4 Å². The monoisotopic (exact) mass is 304 g/mol. The molecule has 3 rings (SSSR count). The molecule has 0 unspecified atom stereocenters. The Balaban J connectivity index is 2.22. The standard InChI is InChI=1S/C16H12Cl2NO/c1-20-16-4-2-3-11-7-8-19(10-13(11)16)15-6-5-12(17)9-14(15)18/h2-10H,1H3/q+1. The Bertz CT molecular complexity index is 787. The zero-order valence-electron chi connectivity index (χ0n) is 10.8. The van der Waals surface area contributed by atoms with Crippen molar-refractivity contribution in [3.63, 3.8) is 0 Å². The third kappa shape index (κ3) is 2.33. The third-order valence-electron chi connectivity index (χ3n) is 3.19. The van der Waals surface area contributed by atoms with Gasteiger partial charge in [0.2, 0.25) is 5.69 Å². The highest BCUT2D eigenvalue weighted by Gasteiger charge is 2.14. The third-order valence-corrected chi connectivity index (χ3v) is 3.73. The molecule has 0 bridgehead atoms. The van der Waals surface area contributed by atoms with E-state index in [1.807, 2.05) is 53.4 Å². The van der Waals surface area contributed by atoms with Gasteiger partial charge in [0.05, 0.1) is 12.5 Å². The molecule has 0 N–H and O–H groups in total. The number of nitrogens with zero attached hydrogens (tertiary/aromatic N) is 1. The van der Waals surface area contributed by atoms with E-state index in [1.165, 1.54) is 0 Å². The predicted octanol–water partition coefficient (Wildman–Crippen LogP) is 4.43. The molecule has 2 nitrogen and oxygen atoms in total. The Labute approximate surface area is 127 Å². The largest absolute Gasteiger partial charge is 0.496 e. The lowest BCUT2D eigenvalue weighted by Crippen LogP contribution is -2.29. The maximum absolute atomic E-state index is 6.25. The topological polar surface area (TPSA) is 13.1 Å². The summed E-state index contributed by atoms with van der Waals surface area (Å²) in [5.74, 6) is 0.835. The minimum absolute atomic E-state index is 0.608. The fourth-order valence-electron chi connectivity index (χ4n) is 2.21. The molecule has 0 aliphatic rings. The van der Waals surface area contributed by atoms with Crippen molar-refractivity contribution < 1.29 is 9.30 Å². The second-order valence-corrected chi connectivity index (χ2v) is 5.25. The van der Waals surface area contributed by atoms with Crippen molar-refractivity contribution in [1.82, 2.24) is 0 Å². The summed E-state index contributed by atoms with van der Waals surface area (Å²) >= 11 is 12.2. The van der Waals surface area contributed by atoms with Gasteiger partial charge in [-0.1, -0.05) is 35.3 Å². The van der Waals surface area contributed by atoms with Gasteiger partial charge >= 0.3 is 0 Å². The van der Waals surface area contributed by atoms with Crippen molar-refractivity contribution in [2.24, 2.45) is 0 Å². The molecule has 0 aliphatic carbocycles. The highest BCUT2D eigenvalue weighted by atomic mass is 35.5. The highest BCUT2D eigenvalue weighted by molar-refractivity contribution is 6.35. The van der Waals surface area contributed by atoms with Crippen molar-refractivity contribution in [3.05, 3.63) is 64.9 Å². The Morgan fingerprint density at radius 2 is 1.90 bits per heavy atom. The summed E-state index contributed by atoms with van der Waals surface area (Å²) in [5, 5.41) is 3.38. The van der Waals surface area contributed by atoms with Crippen LogP contribution in [0.3, 0.4) is 0 Å². The molecule has 0 amide bonds. The molecule has 2 aromatic carbocycles. The van der Waals surface area contributed by atoms with Gasteiger partial charge in [-0.25, -0.2) is 0 Å². The first-order chi connectivity index (χ1) is 9.69. The van der Waals surface area contributed by atoms with Crippen LogP contribution in [0, 0.1) is 0 Å². The average Bonchev–Trinajstić information content (AvgIpc) is 2.46. The number of hydrogen-bond donors (Lipinski definition) is 0. The summed E-state index contributed by atoms with van der Waals surface area (Å²) < 4.78 is 7.36. The van der Waals surface area contributed by atoms with Crippen LogP contribution in [0.5, 0.6) is 5.75 Å². The molecular weight excluding hydrogens is 293 g/mol.